The first-order valence-corrected chi connectivity index (χ1v) is 9.20. The first kappa shape index (κ1) is 23.1. The lowest BCUT2D eigenvalue weighted by atomic mass is 9.76. The van der Waals surface area contributed by atoms with Crippen LogP contribution in [0.2, 0.25) is 0 Å². The largest absolute Gasteiger partial charge is 0.481 e. The van der Waals surface area contributed by atoms with Gasteiger partial charge in [-0.1, -0.05) is 25.7 Å². The summed E-state index contributed by atoms with van der Waals surface area (Å²) in [6, 6.07) is 5.02. The molecule has 0 spiro atoms. The highest BCUT2D eigenvalue weighted by Crippen LogP contribution is 2.39. The molecule has 8 nitrogen and oxygen atoms in total. The lowest BCUT2D eigenvalue weighted by Gasteiger charge is -2.27. The van der Waals surface area contributed by atoms with Gasteiger partial charge in [0.05, 0.1) is 16.5 Å². The fourth-order valence-corrected chi connectivity index (χ4v) is 3.31. The molecule has 1 fully saturated rings. The van der Waals surface area contributed by atoms with Crippen LogP contribution in [0.3, 0.4) is 0 Å². The number of hydrogen-bond acceptors (Lipinski definition) is 4. The molecule has 0 aliphatic heterocycles. The van der Waals surface area contributed by atoms with E-state index in [2.05, 4.69) is 0 Å². The van der Waals surface area contributed by atoms with E-state index >= 15 is 0 Å². The predicted molar refractivity (Wildman–Crippen MR) is 99.6 cm³/mol. The number of hydrogen-bond donors (Lipinski definition) is 4. The minimum absolute atomic E-state index is 0.0784. The average Bonchev–Trinajstić information content (AvgIpc) is 2.88. The number of benzene rings is 1. The van der Waals surface area contributed by atoms with Crippen LogP contribution in [-0.2, 0) is 9.59 Å². The maximum absolute atomic E-state index is 11.4. The Balaban J connectivity index is 0.000000292. The molecule has 1 aromatic rings. The molecule has 0 unspecified atom stereocenters. The number of carboxylic acid groups (broad SMARTS) is 4. The SMILES string of the molecule is O=C(O)CCCC1(C(=O)O)CCCCCC1.O=C(O)c1ccc(C(=O)O)cc1. The van der Waals surface area contributed by atoms with E-state index < -0.39 is 29.3 Å². The Bertz CT molecular complexity index is 652. The number of carbonyl (C=O) groups is 4. The van der Waals surface area contributed by atoms with Crippen molar-refractivity contribution in [1.82, 2.24) is 0 Å². The molecular weight excluding hydrogens is 368 g/mol. The van der Waals surface area contributed by atoms with Crippen LogP contribution in [0.4, 0.5) is 0 Å². The van der Waals surface area contributed by atoms with E-state index in [9.17, 15) is 24.3 Å². The summed E-state index contributed by atoms with van der Waals surface area (Å²) in [7, 11) is 0. The topological polar surface area (TPSA) is 149 Å². The van der Waals surface area contributed by atoms with Crippen LogP contribution >= 0.6 is 0 Å². The average molecular weight is 394 g/mol. The third-order valence-corrected chi connectivity index (χ3v) is 4.94. The van der Waals surface area contributed by atoms with Crippen LogP contribution in [0.25, 0.3) is 0 Å². The molecule has 154 valence electrons. The summed E-state index contributed by atoms with van der Waals surface area (Å²) in [6.07, 6.45) is 6.61. The van der Waals surface area contributed by atoms with Gasteiger partial charge in [-0.2, -0.15) is 0 Å². The smallest absolute Gasteiger partial charge is 0.335 e. The van der Waals surface area contributed by atoms with Crippen LogP contribution in [0.1, 0.15) is 78.5 Å². The standard InChI is InChI=1S/C12H20O4.C8H6O4/c13-10(14)6-5-9-12(11(15)16)7-3-1-2-4-8-12;9-7(10)5-1-2-6(4-3-5)8(11)12/h1-9H2,(H,13,14)(H,15,16);1-4H,(H,9,10)(H,11,12). The molecule has 0 heterocycles. The Morgan fingerprint density at radius 1 is 0.750 bits per heavy atom. The molecular formula is C20H26O8. The molecule has 1 aliphatic rings. The molecule has 28 heavy (non-hydrogen) atoms. The van der Waals surface area contributed by atoms with E-state index in [1.54, 1.807) is 0 Å². The summed E-state index contributed by atoms with van der Waals surface area (Å²) in [6.45, 7) is 0. The minimum atomic E-state index is -1.06. The second kappa shape index (κ2) is 11.1. The van der Waals surface area contributed by atoms with Gasteiger partial charge in [0, 0.05) is 6.42 Å². The van der Waals surface area contributed by atoms with E-state index in [-0.39, 0.29) is 17.5 Å². The van der Waals surface area contributed by atoms with Crippen molar-refractivity contribution < 1.29 is 39.6 Å². The van der Waals surface area contributed by atoms with Crippen LogP contribution in [0.5, 0.6) is 0 Å². The van der Waals surface area contributed by atoms with Gasteiger partial charge in [-0.25, -0.2) is 9.59 Å². The molecule has 0 radical (unpaired) electrons. The number of aromatic carboxylic acids is 2. The molecule has 1 aromatic carbocycles. The van der Waals surface area contributed by atoms with Gasteiger partial charge < -0.3 is 20.4 Å². The van der Waals surface area contributed by atoms with E-state index in [4.69, 9.17) is 15.3 Å². The summed E-state index contributed by atoms with van der Waals surface area (Å²) in [5, 5.41) is 34.8. The molecule has 0 aromatic heterocycles. The quantitative estimate of drug-likeness (QED) is 0.511. The third-order valence-electron chi connectivity index (χ3n) is 4.94. The van der Waals surface area contributed by atoms with Crippen molar-refractivity contribution in [2.24, 2.45) is 5.41 Å². The summed E-state index contributed by atoms with van der Waals surface area (Å²) < 4.78 is 0. The van der Waals surface area contributed by atoms with Gasteiger partial charge in [-0.15, -0.1) is 0 Å². The first-order chi connectivity index (χ1) is 13.2. The van der Waals surface area contributed by atoms with Crippen LogP contribution in [0, 0.1) is 5.41 Å². The molecule has 4 N–H and O–H groups in total. The van der Waals surface area contributed by atoms with Crippen molar-refractivity contribution in [2.75, 3.05) is 0 Å². The number of carboxylic acids is 4. The maximum Gasteiger partial charge on any atom is 0.335 e. The highest BCUT2D eigenvalue weighted by atomic mass is 16.4. The summed E-state index contributed by atoms with van der Waals surface area (Å²) in [4.78, 5) is 42.5. The molecule has 0 bridgehead atoms. The zero-order chi connectivity index (χ0) is 21.2. The molecule has 0 amide bonds. The highest BCUT2D eigenvalue weighted by Gasteiger charge is 2.37. The second-order valence-corrected chi connectivity index (χ2v) is 6.93. The fraction of sp³-hybridized carbons (Fsp3) is 0.500. The van der Waals surface area contributed by atoms with Gasteiger partial charge in [0.25, 0.3) is 0 Å². The van der Waals surface area contributed by atoms with E-state index in [0.29, 0.717) is 25.7 Å². The van der Waals surface area contributed by atoms with E-state index in [1.165, 1.54) is 24.3 Å². The lowest BCUT2D eigenvalue weighted by molar-refractivity contribution is -0.151. The Hall–Kier alpha value is -2.90. The Kier molecular flexibility index (Phi) is 9.14. The summed E-state index contributed by atoms with van der Waals surface area (Å²) >= 11 is 0. The zero-order valence-corrected chi connectivity index (χ0v) is 15.6. The predicted octanol–water partition coefficient (Wildman–Crippen LogP) is 3.75. The van der Waals surface area contributed by atoms with Gasteiger partial charge in [0.1, 0.15) is 0 Å². The Morgan fingerprint density at radius 3 is 1.50 bits per heavy atom. The molecule has 8 heteroatoms. The highest BCUT2D eigenvalue weighted by molar-refractivity contribution is 5.91. The lowest BCUT2D eigenvalue weighted by Crippen LogP contribution is -2.30. The zero-order valence-electron chi connectivity index (χ0n) is 15.6. The molecule has 2 rings (SSSR count). The first-order valence-electron chi connectivity index (χ1n) is 9.20. The minimum Gasteiger partial charge on any atom is -0.481 e. The number of rotatable bonds is 7. The number of aliphatic carboxylic acids is 2. The molecule has 0 saturated heterocycles. The fourth-order valence-electron chi connectivity index (χ4n) is 3.31. The molecule has 0 atom stereocenters. The summed E-state index contributed by atoms with van der Waals surface area (Å²) in [5.74, 6) is -3.70. The van der Waals surface area contributed by atoms with Gasteiger partial charge in [-0.05, 0) is 49.9 Å². The normalized spacial score (nSPS) is 15.4. The third kappa shape index (κ3) is 7.38. The van der Waals surface area contributed by atoms with Gasteiger partial charge in [0.15, 0.2) is 0 Å². The van der Waals surface area contributed by atoms with Crippen molar-refractivity contribution in [3.8, 4) is 0 Å². The van der Waals surface area contributed by atoms with Crippen molar-refractivity contribution in [2.45, 2.75) is 57.8 Å². The van der Waals surface area contributed by atoms with Crippen molar-refractivity contribution >= 4 is 23.9 Å². The van der Waals surface area contributed by atoms with Crippen molar-refractivity contribution in [1.29, 1.82) is 0 Å². The van der Waals surface area contributed by atoms with Crippen LogP contribution in [0.15, 0.2) is 24.3 Å². The second-order valence-electron chi connectivity index (χ2n) is 6.93. The summed E-state index contributed by atoms with van der Waals surface area (Å²) in [5.41, 5.74) is -0.480. The Labute approximate surface area is 162 Å². The maximum atomic E-state index is 11.4. The van der Waals surface area contributed by atoms with Crippen molar-refractivity contribution in [3.63, 3.8) is 0 Å². The van der Waals surface area contributed by atoms with Gasteiger partial charge >= 0.3 is 23.9 Å². The van der Waals surface area contributed by atoms with Gasteiger partial charge in [0.2, 0.25) is 0 Å². The Morgan fingerprint density at radius 2 is 1.18 bits per heavy atom. The van der Waals surface area contributed by atoms with Crippen LogP contribution < -0.4 is 0 Å². The van der Waals surface area contributed by atoms with Crippen LogP contribution in [-0.4, -0.2) is 44.3 Å². The molecule has 1 aliphatic carbocycles. The monoisotopic (exact) mass is 394 g/mol. The van der Waals surface area contributed by atoms with Crippen molar-refractivity contribution in [3.05, 3.63) is 35.4 Å². The van der Waals surface area contributed by atoms with E-state index in [0.717, 1.165) is 25.7 Å². The molecule has 1 saturated carbocycles. The van der Waals surface area contributed by atoms with E-state index in [1.807, 2.05) is 0 Å². The van der Waals surface area contributed by atoms with Gasteiger partial charge in [-0.3, -0.25) is 9.59 Å².